The second kappa shape index (κ2) is 10.1. The van der Waals surface area contributed by atoms with E-state index in [4.69, 9.17) is 4.74 Å². The van der Waals surface area contributed by atoms with Crippen molar-refractivity contribution in [2.45, 2.75) is 12.8 Å². The summed E-state index contributed by atoms with van der Waals surface area (Å²) in [4.78, 5) is 23.3. The molecule has 0 aliphatic carbocycles. The van der Waals surface area contributed by atoms with Gasteiger partial charge >= 0.3 is 5.97 Å². The SMILES string of the molecule is COC(=O)c1ccc(NCCC(=O)NCCc2cccc(OC)c2)cc1. The fourth-order valence-corrected chi connectivity index (χ4v) is 2.42. The van der Waals surface area contributed by atoms with Crippen LogP contribution in [0, 0.1) is 0 Å². The van der Waals surface area contributed by atoms with E-state index in [1.54, 1.807) is 31.4 Å². The molecule has 0 atom stereocenters. The maximum atomic E-state index is 11.9. The third kappa shape index (κ3) is 6.12. The molecule has 0 spiro atoms. The zero-order valence-corrected chi connectivity index (χ0v) is 15.1. The van der Waals surface area contributed by atoms with Crippen molar-refractivity contribution in [2.24, 2.45) is 0 Å². The van der Waals surface area contributed by atoms with Crippen molar-refractivity contribution < 1.29 is 19.1 Å². The predicted octanol–water partition coefficient (Wildman–Crippen LogP) is 2.64. The number of esters is 1. The van der Waals surface area contributed by atoms with Crippen LogP contribution in [0.25, 0.3) is 0 Å². The van der Waals surface area contributed by atoms with Crippen molar-refractivity contribution in [3.63, 3.8) is 0 Å². The van der Waals surface area contributed by atoms with Gasteiger partial charge < -0.3 is 20.1 Å². The lowest BCUT2D eigenvalue weighted by atomic mass is 10.1. The molecule has 2 aromatic rings. The number of carbonyl (C=O) groups is 2. The highest BCUT2D eigenvalue weighted by molar-refractivity contribution is 5.89. The zero-order valence-electron chi connectivity index (χ0n) is 15.1. The van der Waals surface area contributed by atoms with Crippen molar-refractivity contribution >= 4 is 17.6 Å². The van der Waals surface area contributed by atoms with Gasteiger partial charge in [-0.25, -0.2) is 4.79 Å². The molecule has 0 aliphatic rings. The van der Waals surface area contributed by atoms with E-state index in [-0.39, 0.29) is 11.9 Å². The van der Waals surface area contributed by atoms with Crippen molar-refractivity contribution in [1.82, 2.24) is 5.32 Å². The van der Waals surface area contributed by atoms with E-state index in [0.29, 0.717) is 25.1 Å². The Morgan fingerprint density at radius 3 is 2.46 bits per heavy atom. The fourth-order valence-electron chi connectivity index (χ4n) is 2.42. The van der Waals surface area contributed by atoms with Gasteiger partial charge in [0.25, 0.3) is 0 Å². The minimum Gasteiger partial charge on any atom is -0.497 e. The van der Waals surface area contributed by atoms with E-state index in [2.05, 4.69) is 15.4 Å². The minimum atomic E-state index is -0.369. The second-order valence-electron chi connectivity index (χ2n) is 5.70. The van der Waals surface area contributed by atoms with Crippen LogP contribution in [0.3, 0.4) is 0 Å². The standard InChI is InChI=1S/C20H24N2O4/c1-25-18-5-3-4-15(14-18)10-12-22-19(23)11-13-21-17-8-6-16(7-9-17)20(24)26-2/h3-9,14,21H,10-13H2,1-2H3,(H,22,23). The lowest BCUT2D eigenvalue weighted by Crippen LogP contribution is -2.27. The number of carbonyl (C=O) groups excluding carboxylic acids is 2. The number of hydrogen-bond donors (Lipinski definition) is 2. The molecule has 2 rings (SSSR count). The number of methoxy groups -OCH3 is 2. The third-order valence-electron chi connectivity index (χ3n) is 3.86. The Balaban J connectivity index is 1.66. The Kier molecular flexibility index (Phi) is 7.49. The van der Waals surface area contributed by atoms with Gasteiger partial charge in [-0.15, -0.1) is 0 Å². The van der Waals surface area contributed by atoms with Gasteiger partial charge in [-0.3, -0.25) is 4.79 Å². The largest absolute Gasteiger partial charge is 0.497 e. The van der Waals surface area contributed by atoms with Crippen LogP contribution in [0.1, 0.15) is 22.3 Å². The summed E-state index contributed by atoms with van der Waals surface area (Å²) in [7, 11) is 2.98. The summed E-state index contributed by atoms with van der Waals surface area (Å²) >= 11 is 0. The van der Waals surface area contributed by atoms with Crippen LogP contribution in [-0.2, 0) is 16.0 Å². The fraction of sp³-hybridized carbons (Fsp3) is 0.300. The monoisotopic (exact) mass is 356 g/mol. The van der Waals surface area contributed by atoms with Crippen molar-refractivity contribution in [3.8, 4) is 5.75 Å². The summed E-state index contributed by atoms with van der Waals surface area (Å²) in [5.41, 5.74) is 2.46. The first-order chi connectivity index (χ1) is 12.6. The Labute approximate surface area is 153 Å². The molecule has 0 aromatic heterocycles. The molecule has 26 heavy (non-hydrogen) atoms. The molecule has 6 heteroatoms. The van der Waals surface area contributed by atoms with Crippen molar-refractivity contribution in [1.29, 1.82) is 0 Å². The molecule has 0 saturated heterocycles. The van der Waals surface area contributed by atoms with Gasteiger partial charge in [0.2, 0.25) is 5.91 Å². The average molecular weight is 356 g/mol. The number of benzene rings is 2. The smallest absolute Gasteiger partial charge is 0.337 e. The summed E-state index contributed by atoms with van der Waals surface area (Å²) in [6, 6.07) is 14.7. The molecule has 0 bridgehead atoms. The Bertz CT molecular complexity index is 729. The quantitative estimate of drug-likeness (QED) is 0.676. The lowest BCUT2D eigenvalue weighted by Gasteiger charge is -2.09. The van der Waals surface area contributed by atoms with E-state index in [9.17, 15) is 9.59 Å². The Morgan fingerprint density at radius 2 is 1.77 bits per heavy atom. The molecule has 0 radical (unpaired) electrons. The number of hydrogen-bond acceptors (Lipinski definition) is 5. The number of ether oxygens (including phenoxy) is 2. The van der Waals surface area contributed by atoms with Crippen LogP contribution < -0.4 is 15.4 Å². The highest BCUT2D eigenvalue weighted by Crippen LogP contribution is 2.12. The van der Waals surface area contributed by atoms with E-state index >= 15 is 0 Å². The molecular formula is C20H24N2O4. The Morgan fingerprint density at radius 1 is 1.00 bits per heavy atom. The topological polar surface area (TPSA) is 76.7 Å². The van der Waals surface area contributed by atoms with Crippen LogP contribution in [0.5, 0.6) is 5.75 Å². The summed E-state index contributed by atoms with van der Waals surface area (Å²) < 4.78 is 9.83. The molecule has 0 aliphatic heterocycles. The first kappa shape index (κ1) is 19.3. The van der Waals surface area contributed by atoms with E-state index in [0.717, 1.165) is 23.4 Å². The Hall–Kier alpha value is -3.02. The molecule has 2 N–H and O–H groups in total. The third-order valence-corrected chi connectivity index (χ3v) is 3.86. The van der Waals surface area contributed by atoms with Gasteiger partial charge in [-0.1, -0.05) is 12.1 Å². The number of anilines is 1. The number of amides is 1. The number of nitrogens with one attached hydrogen (secondary N) is 2. The minimum absolute atomic E-state index is 0.00780. The predicted molar refractivity (Wildman–Crippen MR) is 101 cm³/mol. The van der Waals surface area contributed by atoms with Gasteiger partial charge in [0, 0.05) is 25.2 Å². The molecule has 0 saturated carbocycles. The molecular weight excluding hydrogens is 332 g/mol. The van der Waals surface area contributed by atoms with Gasteiger partial charge in [0.1, 0.15) is 5.75 Å². The summed E-state index contributed by atoms with van der Waals surface area (Å²) in [5.74, 6) is 0.440. The van der Waals surface area contributed by atoms with Crippen LogP contribution in [-0.4, -0.2) is 39.2 Å². The molecule has 2 aromatic carbocycles. The molecule has 6 nitrogen and oxygen atoms in total. The highest BCUT2D eigenvalue weighted by atomic mass is 16.5. The van der Waals surface area contributed by atoms with Crippen molar-refractivity contribution in [3.05, 3.63) is 59.7 Å². The van der Waals surface area contributed by atoms with Crippen molar-refractivity contribution in [2.75, 3.05) is 32.6 Å². The average Bonchev–Trinajstić information content (AvgIpc) is 2.68. The lowest BCUT2D eigenvalue weighted by molar-refractivity contribution is -0.120. The molecule has 0 fully saturated rings. The highest BCUT2D eigenvalue weighted by Gasteiger charge is 2.05. The number of rotatable bonds is 9. The molecule has 0 unspecified atom stereocenters. The maximum absolute atomic E-state index is 11.9. The van der Waals surface area contributed by atoms with Crippen LogP contribution in [0.15, 0.2) is 48.5 Å². The van der Waals surface area contributed by atoms with E-state index in [1.165, 1.54) is 7.11 Å². The first-order valence-corrected chi connectivity index (χ1v) is 8.44. The van der Waals surface area contributed by atoms with Gasteiger partial charge in [-0.05, 0) is 48.4 Å². The van der Waals surface area contributed by atoms with E-state index < -0.39 is 0 Å². The zero-order chi connectivity index (χ0) is 18.8. The van der Waals surface area contributed by atoms with Crippen LogP contribution in [0.4, 0.5) is 5.69 Å². The first-order valence-electron chi connectivity index (χ1n) is 8.44. The second-order valence-corrected chi connectivity index (χ2v) is 5.70. The maximum Gasteiger partial charge on any atom is 0.337 e. The van der Waals surface area contributed by atoms with Crippen LogP contribution in [0.2, 0.25) is 0 Å². The molecule has 138 valence electrons. The molecule has 1 amide bonds. The summed E-state index contributed by atoms with van der Waals surface area (Å²) in [5, 5.41) is 6.06. The molecule has 0 heterocycles. The van der Waals surface area contributed by atoms with Gasteiger partial charge in [0.15, 0.2) is 0 Å². The summed E-state index contributed by atoms with van der Waals surface area (Å²) in [6.07, 6.45) is 1.13. The normalized spacial score (nSPS) is 10.1. The summed E-state index contributed by atoms with van der Waals surface area (Å²) in [6.45, 7) is 1.10. The van der Waals surface area contributed by atoms with Gasteiger partial charge in [0.05, 0.1) is 19.8 Å². The van der Waals surface area contributed by atoms with Gasteiger partial charge in [-0.2, -0.15) is 0 Å². The van der Waals surface area contributed by atoms with E-state index in [1.807, 2.05) is 24.3 Å². The van der Waals surface area contributed by atoms with Crippen LogP contribution >= 0.6 is 0 Å².